The molecule has 3 heterocycles. The Morgan fingerprint density at radius 2 is 2.08 bits per heavy atom. The molecule has 0 amide bonds. The van der Waals surface area contributed by atoms with Gasteiger partial charge in [-0.2, -0.15) is 14.5 Å². The van der Waals surface area contributed by atoms with E-state index in [0.717, 1.165) is 12.8 Å². The molecule has 0 aromatic carbocycles. The number of fused-ring (bicyclic) bond motifs is 1. The lowest BCUT2D eigenvalue weighted by Crippen LogP contribution is -2.40. The predicted octanol–water partition coefficient (Wildman–Crippen LogP) is -0.124. The summed E-state index contributed by atoms with van der Waals surface area (Å²) in [7, 11) is -3.62. The van der Waals surface area contributed by atoms with Gasteiger partial charge in [0.2, 0.25) is 10.0 Å². The molecule has 0 radical (unpaired) electrons. The third kappa shape index (κ3) is 2.59. The van der Waals surface area contributed by atoms with Crippen molar-refractivity contribution >= 4 is 10.0 Å². The van der Waals surface area contributed by atoms with E-state index in [1.54, 1.807) is 9.25 Å². The first-order valence-corrected chi connectivity index (χ1v) is 9.62. The number of aromatic nitrogens is 5. The maximum absolute atomic E-state index is 12.8. The highest BCUT2D eigenvalue weighted by molar-refractivity contribution is 7.89. The molecule has 130 valence electrons. The first-order valence-electron chi connectivity index (χ1n) is 8.18. The Hall–Kier alpha value is -1.94. The number of hydrogen-bond acceptors (Lipinski definition) is 5. The summed E-state index contributed by atoms with van der Waals surface area (Å²) in [5.41, 5.74) is -0.132. The van der Waals surface area contributed by atoms with Crippen LogP contribution in [-0.4, -0.2) is 43.4 Å². The predicted molar refractivity (Wildman–Crippen MR) is 84.7 cm³/mol. The molecule has 2 aromatic heterocycles. The van der Waals surface area contributed by atoms with Gasteiger partial charge in [-0.15, -0.1) is 0 Å². The molecule has 0 N–H and O–H groups in total. The van der Waals surface area contributed by atoms with Gasteiger partial charge in [0.05, 0.1) is 12.7 Å². The first kappa shape index (κ1) is 15.6. The van der Waals surface area contributed by atoms with Gasteiger partial charge in [0.1, 0.15) is 10.7 Å². The van der Waals surface area contributed by atoms with Crippen LogP contribution in [0.2, 0.25) is 0 Å². The van der Waals surface area contributed by atoms with Crippen LogP contribution in [0.5, 0.6) is 0 Å². The zero-order valence-electron chi connectivity index (χ0n) is 13.5. The third-order valence-electron chi connectivity index (χ3n) is 4.59. The molecule has 24 heavy (non-hydrogen) atoms. The number of sulfonamides is 1. The topological polar surface area (TPSA) is 95.0 Å². The molecule has 9 nitrogen and oxygen atoms in total. The van der Waals surface area contributed by atoms with E-state index in [4.69, 9.17) is 0 Å². The minimum Gasteiger partial charge on any atom is -0.276 e. The highest BCUT2D eigenvalue weighted by atomic mass is 32.2. The van der Waals surface area contributed by atoms with Crippen molar-refractivity contribution in [2.45, 2.75) is 50.8 Å². The van der Waals surface area contributed by atoms with Gasteiger partial charge in [-0.25, -0.2) is 17.9 Å². The van der Waals surface area contributed by atoms with Gasteiger partial charge in [-0.3, -0.25) is 9.25 Å². The van der Waals surface area contributed by atoms with E-state index in [1.165, 1.54) is 21.4 Å². The minimum absolute atomic E-state index is 0.118. The van der Waals surface area contributed by atoms with Crippen molar-refractivity contribution in [1.29, 1.82) is 0 Å². The van der Waals surface area contributed by atoms with Crippen molar-refractivity contribution in [3.63, 3.8) is 0 Å². The van der Waals surface area contributed by atoms with E-state index < -0.39 is 10.0 Å². The van der Waals surface area contributed by atoms with Crippen molar-refractivity contribution in [1.82, 2.24) is 28.4 Å². The standard InChI is InChI=1S/C14H20N6O3S/c1-2-17-9-12(7-15-17)24(22,23)18-5-6-19-13(10-18)16-20(14(19)21)8-11-3-4-11/h7,9,11H,2-6,8,10H2,1H3. The average molecular weight is 352 g/mol. The fraction of sp³-hybridized carbons (Fsp3) is 0.643. The summed E-state index contributed by atoms with van der Waals surface area (Å²) in [5.74, 6) is 1.05. The molecule has 0 bridgehead atoms. The van der Waals surface area contributed by atoms with Gasteiger partial charge in [0.15, 0.2) is 0 Å². The zero-order valence-corrected chi connectivity index (χ0v) is 14.3. The van der Waals surface area contributed by atoms with E-state index in [2.05, 4.69) is 10.2 Å². The Balaban J connectivity index is 1.60. The van der Waals surface area contributed by atoms with Crippen LogP contribution in [-0.2, 0) is 36.2 Å². The molecule has 2 aliphatic rings. The molecule has 2 aromatic rings. The summed E-state index contributed by atoms with van der Waals surface area (Å²) in [6, 6.07) is 0. The SMILES string of the molecule is CCn1cc(S(=O)(=O)N2CCn3c(nn(CC4CC4)c3=O)C2)cn1. The Bertz CT molecular complexity index is 921. The number of rotatable bonds is 5. The van der Waals surface area contributed by atoms with Gasteiger partial charge in [-0.1, -0.05) is 0 Å². The van der Waals surface area contributed by atoms with Crippen molar-refractivity contribution in [3.8, 4) is 0 Å². The summed E-state index contributed by atoms with van der Waals surface area (Å²) in [6.07, 6.45) is 5.17. The van der Waals surface area contributed by atoms with Gasteiger partial charge in [0.25, 0.3) is 0 Å². The van der Waals surface area contributed by atoms with Crippen LogP contribution in [0.4, 0.5) is 0 Å². The molecule has 0 spiro atoms. The van der Waals surface area contributed by atoms with Crippen LogP contribution in [0.3, 0.4) is 0 Å². The summed E-state index contributed by atoms with van der Waals surface area (Å²) >= 11 is 0. The lowest BCUT2D eigenvalue weighted by Gasteiger charge is -2.25. The van der Waals surface area contributed by atoms with Crippen molar-refractivity contribution in [2.75, 3.05) is 6.54 Å². The monoisotopic (exact) mass is 352 g/mol. The molecule has 1 aliphatic heterocycles. The van der Waals surface area contributed by atoms with Gasteiger partial charge < -0.3 is 0 Å². The quantitative estimate of drug-likeness (QED) is 0.747. The molecule has 4 rings (SSSR count). The Morgan fingerprint density at radius 1 is 1.29 bits per heavy atom. The lowest BCUT2D eigenvalue weighted by molar-refractivity contribution is 0.332. The van der Waals surface area contributed by atoms with Crippen molar-refractivity contribution < 1.29 is 8.42 Å². The Labute approximate surface area is 139 Å². The van der Waals surface area contributed by atoms with Crippen molar-refractivity contribution in [2.24, 2.45) is 5.92 Å². The highest BCUT2D eigenvalue weighted by Crippen LogP contribution is 2.30. The van der Waals surface area contributed by atoms with Gasteiger partial charge >= 0.3 is 5.69 Å². The largest absolute Gasteiger partial charge is 0.346 e. The minimum atomic E-state index is -3.62. The Kier molecular flexibility index (Phi) is 3.61. The molecule has 0 saturated heterocycles. The summed E-state index contributed by atoms with van der Waals surface area (Å²) in [6.45, 7) is 3.86. The van der Waals surface area contributed by atoms with E-state index in [-0.39, 0.29) is 23.7 Å². The maximum atomic E-state index is 12.8. The van der Waals surface area contributed by atoms with E-state index in [1.807, 2.05) is 6.92 Å². The second-order valence-electron chi connectivity index (χ2n) is 6.35. The molecule has 1 saturated carbocycles. The molecule has 0 atom stereocenters. The smallest absolute Gasteiger partial charge is 0.276 e. The number of hydrogen-bond donors (Lipinski definition) is 0. The van der Waals surface area contributed by atoms with Crippen molar-refractivity contribution in [3.05, 3.63) is 28.7 Å². The highest BCUT2D eigenvalue weighted by Gasteiger charge is 2.32. The van der Waals surface area contributed by atoms with Crippen LogP contribution in [0, 0.1) is 5.92 Å². The second kappa shape index (κ2) is 5.55. The molecule has 1 aliphatic carbocycles. The second-order valence-corrected chi connectivity index (χ2v) is 8.28. The van der Waals surface area contributed by atoms with E-state index >= 15 is 0 Å². The fourth-order valence-corrected chi connectivity index (χ4v) is 4.29. The molecule has 0 unspecified atom stereocenters. The lowest BCUT2D eigenvalue weighted by atomic mass is 10.4. The fourth-order valence-electron chi connectivity index (χ4n) is 2.94. The third-order valence-corrected chi connectivity index (χ3v) is 6.39. The molecular weight excluding hydrogens is 332 g/mol. The average Bonchev–Trinajstić information content (AvgIpc) is 3.15. The van der Waals surface area contributed by atoms with Crippen LogP contribution in [0.1, 0.15) is 25.6 Å². The summed E-state index contributed by atoms with van der Waals surface area (Å²) in [5, 5.41) is 8.38. The summed E-state index contributed by atoms with van der Waals surface area (Å²) in [4.78, 5) is 12.5. The van der Waals surface area contributed by atoms with Gasteiger partial charge in [0, 0.05) is 32.4 Å². The van der Waals surface area contributed by atoms with Gasteiger partial charge in [-0.05, 0) is 25.7 Å². The Morgan fingerprint density at radius 3 is 2.75 bits per heavy atom. The maximum Gasteiger partial charge on any atom is 0.346 e. The van der Waals surface area contributed by atoms with E-state index in [0.29, 0.717) is 31.4 Å². The zero-order chi connectivity index (χ0) is 16.9. The summed E-state index contributed by atoms with van der Waals surface area (Å²) < 4.78 is 31.5. The van der Waals surface area contributed by atoms with Crippen LogP contribution in [0.15, 0.2) is 22.1 Å². The first-order chi connectivity index (χ1) is 11.5. The van der Waals surface area contributed by atoms with E-state index in [9.17, 15) is 13.2 Å². The molecule has 10 heteroatoms. The van der Waals surface area contributed by atoms with Crippen LogP contribution in [0.25, 0.3) is 0 Å². The molecular formula is C14H20N6O3S. The number of nitrogens with zero attached hydrogens (tertiary/aromatic N) is 6. The molecule has 1 fully saturated rings. The van der Waals surface area contributed by atoms with Crippen LogP contribution >= 0.6 is 0 Å². The number of aryl methyl sites for hydroxylation is 1. The normalized spacial score (nSPS) is 18.7. The van der Waals surface area contributed by atoms with Crippen LogP contribution < -0.4 is 5.69 Å².